The first-order chi connectivity index (χ1) is 8.63. The Bertz CT molecular complexity index is 448. The van der Waals surface area contributed by atoms with E-state index < -0.39 is 0 Å². The lowest BCUT2D eigenvalue weighted by molar-refractivity contribution is 0.0599. The molecule has 2 rings (SSSR count). The van der Waals surface area contributed by atoms with Crippen LogP contribution in [0.1, 0.15) is 45.8 Å². The summed E-state index contributed by atoms with van der Waals surface area (Å²) in [6, 6.07) is 4.21. The van der Waals surface area contributed by atoms with Gasteiger partial charge in [0.2, 0.25) is 0 Å². The molecular weight excluding hydrogens is 226 g/mol. The molecule has 0 aliphatic carbocycles. The zero-order valence-corrected chi connectivity index (χ0v) is 11.4. The Hall–Kier alpha value is -1.35. The van der Waals surface area contributed by atoms with Gasteiger partial charge >= 0.3 is 5.97 Å². The number of aryl methyl sites for hydroxylation is 1. The maximum atomic E-state index is 11.8. The molecule has 1 aromatic carbocycles. The molecule has 98 valence electrons. The van der Waals surface area contributed by atoms with Gasteiger partial charge in [-0.1, -0.05) is 6.07 Å². The number of benzene rings is 1. The maximum Gasteiger partial charge on any atom is 0.338 e. The van der Waals surface area contributed by atoms with Crippen molar-refractivity contribution in [1.82, 2.24) is 5.32 Å². The fraction of sp³-hybridized carbons (Fsp3) is 0.533. The van der Waals surface area contributed by atoms with Gasteiger partial charge in [-0.05, 0) is 61.9 Å². The molecule has 0 aromatic heterocycles. The van der Waals surface area contributed by atoms with Gasteiger partial charge in [0.1, 0.15) is 0 Å². The van der Waals surface area contributed by atoms with E-state index in [1.165, 1.54) is 31.1 Å². The molecule has 1 atom stereocenters. The van der Waals surface area contributed by atoms with Gasteiger partial charge in [-0.25, -0.2) is 4.79 Å². The number of nitrogens with one attached hydrogen (secondary N) is 1. The molecule has 1 fully saturated rings. The number of piperidine rings is 1. The molecule has 1 aromatic rings. The number of rotatable bonds is 2. The Morgan fingerprint density at radius 1 is 1.39 bits per heavy atom. The molecule has 1 aliphatic heterocycles. The van der Waals surface area contributed by atoms with E-state index in [9.17, 15) is 4.79 Å². The van der Waals surface area contributed by atoms with Gasteiger partial charge in [0.25, 0.3) is 0 Å². The molecule has 18 heavy (non-hydrogen) atoms. The highest BCUT2D eigenvalue weighted by molar-refractivity contribution is 5.91. The molecule has 1 aliphatic rings. The Morgan fingerprint density at radius 2 is 2.17 bits per heavy atom. The van der Waals surface area contributed by atoms with Gasteiger partial charge in [0.15, 0.2) is 0 Å². The summed E-state index contributed by atoms with van der Waals surface area (Å²) in [6.45, 7) is 6.14. The van der Waals surface area contributed by atoms with Gasteiger partial charge in [0, 0.05) is 6.54 Å². The molecule has 0 amide bonds. The smallest absolute Gasteiger partial charge is 0.338 e. The lowest BCUT2D eigenvalue weighted by Gasteiger charge is -2.24. The predicted molar refractivity (Wildman–Crippen MR) is 72.1 cm³/mol. The highest BCUT2D eigenvalue weighted by Gasteiger charge is 2.19. The van der Waals surface area contributed by atoms with E-state index in [1.54, 1.807) is 0 Å². The number of ether oxygens (including phenoxy) is 1. The van der Waals surface area contributed by atoms with Crippen LogP contribution in [0.3, 0.4) is 0 Å². The number of hydrogen-bond acceptors (Lipinski definition) is 3. The normalized spacial score (nSPS) is 19.6. The van der Waals surface area contributed by atoms with Crippen molar-refractivity contribution in [3.63, 3.8) is 0 Å². The van der Waals surface area contributed by atoms with Crippen molar-refractivity contribution in [2.24, 2.45) is 0 Å². The molecule has 3 heteroatoms. The average molecular weight is 247 g/mol. The van der Waals surface area contributed by atoms with Gasteiger partial charge < -0.3 is 10.1 Å². The average Bonchev–Trinajstić information content (AvgIpc) is 2.41. The van der Waals surface area contributed by atoms with Crippen molar-refractivity contribution in [1.29, 1.82) is 0 Å². The van der Waals surface area contributed by atoms with Crippen LogP contribution in [-0.4, -0.2) is 26.2 Å². The van der Waals surface area contributed by atoms with E-state index >= 15 is 0 Å². The molecular formula is C15H21NO2. The molecule has 0 saturated carbocycles. The topological polar surface area (TPSA) is 38.3 Å². The van der Waals surface area contributed by atoms with Gasteiger partial charge in [-0.15, -0.1) is 0 Å². The van der Waals surface area contributed by atoms with Crippen molar-refractivity contribution in [2.75, 3.05) is 20.2 Å². The van der Waals surface area contributed by atoms with E-state index in [0.29, 0.717) is 11.5 Å². The third-order valence-corrected chi connectivity index (χ3v) is 3.86. The molecule has 1 unspecified atom stereocenters. The second kappa shape index (κ2) is 5.53. The molecule has 0 radical (unpaired) electrons. The van der Waals surface area contributed by atoms with E-state index in [0.717, 1.165) is 18.7 Å². The fourth-order valence-corrected chi connectivity index (χ4v) is 2.58. The summed E-state index contributed by atoms with van der Waals surface area (Å²) in [5.41, 5.74) is 4.15. The van der Waals surface area contributed by atoms with Crippen molar-refractivity contribution in [3.8, 4) is 0 Å². The van der Waals surface area contributed by atoms with E-state index in [4.69, 9.17) is 4.74 Å². The summed E-state index contributed by atoms with van der Waals surface area (Å²) < 4.78 is 4.86. The summed E-state index contributed by atoms with van der Waals surface area (Å²) in [6.07, 6.45) is 2.39. The van der Waals surface area contributed by atoms with Crippen LogP contribution in [-0.2, 0) is 4.74 Å². The summed E-state index contributed by atoms with van der Waals surface area (Å²) >= 11 is 0. The van der Waals surface area contributed by atoms with Crippen LogP contribution in [0.25, 0.3) is 0 Å². The van der Waals surface area contributed by atoms with Crippen LogP contribution in [0.5, 0.6) is 0 Å². The monoisotopic (exact) mass is 247 g/mol. The largest absolute Gasteiger partial charge is 0.465 e. The lowest BCUT2D eigenvalue weighted by Crippen LogP contribution is -2.28. The Balaban J connectivity index is 2.36. The summed E-state index contributed by atoms with van der Waals surface area (Å²) in [5.74, 6) is 0.280. The molecule has 0 bridgehead atoms. The highest BCUT2D eigenvalue weighted by atomic mass is 16.5. The third-order valence-electron chi connectivity index (χ3n) is 3.86. The predicted octanol–water partition coefficient (Wildman–Crippen LogP) is 2.56. The van der Waals surface area contributed by atoms with E-state index in [1.807, 2.05) is 13.0 Å². The number of hydrogen-bond donors (Lipinski definition) is 1. The second-order valence-corrected chi connectivity index (χ2v) is 5.05. The Kier molecular flexibility index (Phi) is 4.02. The quantitative estimate of drug-likeness (QED) is 0.816. The number of methoxy groups -OCH3 is 1. The minimum absolute atomic E-state index is 0.235. The van der Waals surface area contributed by atoms with Crippen LogP contribution >= 0.6 is 0 Å². The number of carbonyl (C=O) groups is 1. The van der Waals surface area contributed by atoms with Gasteiger partial charge in [-0.3, -0.25) is 0 Å². The first-order valence-electron chi connectivity index (χ1n) is 6.53. The molecule has 1 heterocycles. The van der Waals surface area contributed by atoms with Crippen molar-refractivity contribution >= 4 is 5.97 Å². The molecule has 1 saturated heterocycles. The van der Waals surface area contributed by atoms with E-state index in [2.05, 4.69) is 18.3 Å². The molecule has 0 spiro atoms. The Morgan fingerprint density at radius 3 is 2.78 bits per heavy atom. The summed E-state index contributed by atoms with van der Waals surface area (Å²) in [5, 5.41) is 3.41. The maximum absolute atomic E-state index is 11.8. The summed E-state index contributed by atoms with van der Waals surface area (Å²) in [7, 11) is 1.44. The van der Waals surface area contributed by atoms with Crippen LogP contribution in [0, 0.1) is 13.8 Å². The van der Waals surface area contributed by atoms with Crippen molar-refractivity contribution < 1.29 is 9.53 Å². The second-order valence-electron chi connectivity index (χ2n) is 5.05. The minimum Gasteiger partial charge on any atom is -0.465 e. The van der Waals surface area contributed by atoms with Crippen molar-refractivity contribution in [3.05, 3.63) is 34.4 Å². The van der Waals surface area contributed by atoms with E-state index in [-0.39, 0.29) is 5.97 Å². The molecule has 3 nitrogen and oxygen atoms in total. The van der Waals surface area contributed by atoms with Gasteiger partial charge in [0.05, 0.1) is 12.7 Å². The van der Waals surface area contributed by atoms with Crippen LogP contribution in [0.2, 0.25) is 0 Å². The standard InChI is InChI=1S/C15H21NO2/c1-10-7-13(12-5-4-6-16-9-12)8-14(11(10)2)15(17)18-3/h7-8,12,16H,4-6,9H2,1-3H3. The number of esters is 1. The lowest BCUT2D eigenvalue weighted by atomic mass is 9.88. The Labute approximate surface area is 109 Å². The van der Waals surface area contributed by atoms with Gasteiger partial charge in [-0.2, -0.15) is 0 Å². The molecule has 1 N–H and O–H groups in total. The SMILES string of the molecule is COC(=O)c1cc(C2CCCNC2)cc(C)c1C. The first kappa shape index (κ1) is 13.1. The first-order valence-corrected chi connectivity index (χ1v) is 6.53. The fourth-order valence-electron chi connectivity index (χ4n) is 2.58. The zero-order valence-electron chi connectivity index (χ0n) is 11.4. The van der Waals surface area contributed by atoms with Crippen LogP contribution in [0.15, 0.2) is 12.1 Å². The zero-order chi connectivity index (χ0) is 13.1. The summed E-state index contributed by atoms with van der Waals surface area (Å²) in [4.78, 5) is 11.8. The van der Waals surface area contributed by atoms with Crippen LogP contribution < -0.4 is 5.32 Å². The highest BCUT2D eigenvalue weighted by Crippen LogP contribution is 2.27. The minimum atomic E-state index is -0.235. The third kappa shape index (κ3) is 2.56. The van der Waals surface area contributed by atoms with Crippen LogP contribution in [0.4, 0.5) is 0 Å². The van der Waals surface area contributed by atoms with Crippen molar-refractivity contribution in [2.45, 2.75) is 32.6 Å². The number of carbonyl (C=O) groups excluding carboxylic acids is 1.